The number of anilines is 1. The number of benzene rings is 1. The molecule has 0 saturated heterocycles. The number of fused-ring (bicyclic) bond motifs is 2. The van der Waals surface area contributed by atoms with Gasteiger partial charge in [-0.15, -0.1) is 0 Å². The minimum Gasteiger partial charge on any atom is -0.381 e. The highest BCUT2D eigenvalue weighted by Crippen LogP contribution is 2.46. The van der Waals surface area contributed by atoms with E-state index in [4.69, 9.17) is 0 Å². The molecule has 84 valence electrons. The summed E-state index contributed by atoms with van der Waals surface area (Å²) in [6.45, 7) is 4.51. The molecule has 2 aliphatic rings. The van der Waals surface area contributed by atoms with E-state index in [-0.39, 0.29) is 5.92 Å². The lowest BCUT2D eigenvalue weighted by Gasteiger charge is -2.28. The second-order valence-corrected chi connectivity index (χ2v) is 5.84. The summed E-state index contributed by atoms with van der Waals surface area (Å²) in [5, 5.41) is 3.52. The number of hydrogen-bond acceptors (Lipinski definition) is 2. The van der Waals surface area contributed by atoms with Crippen LogP contribution in [-0.2, 0) is 0 Å². The summed E-state index contributed by atoms with van der Waals surface area (Å²) in [5.41, 5.74) is 2.19. The molecule has 1 aromatic rings. The Morgan fingerprint density at radius 3 is 2.81 bits per heavy atom. The third kappa shape index (κ3) is 1.36. The fourth-order valence-electron chi connectivity index (χ4n) is 3.21. The molecule has 1 heterocycles. The average molecular weight is 215 g/mol. The van der Waals surface area contributed by atoms with Crippen LogP contribution in [0.3, 0.4) is 0 Å². The molecule has 2 nitrogen and oxygen atoms in total. The smallest absolute Gasteiger partial charge is 0.170 e. The summed E-state index contributed by atoms with van der Waals surface area (Å²) >= 11 is 0. The predicted molar refractivity (Wildman–Crippen MR) is 64.7 cm³/mol. The molecule has 0 radical (unpaired) electrons. The molecule has 0 aromatic heterocycles. The molecule has 3 rings (SSSR count). The van der Waals surface area contributed by atoms with Crippen molar-refractivity contribution in [2.75, 3.05) is 5.32 Å². The van der Waals surface area contributed by atoms with Crippen molar-refractivity contribution < 1.29 is 4.79 Å². The Morgan fingerprint density at radius 1 is 1.25 bits per heavy atom. The minimum atomic E-state index is 0.185. The molecular weight excluding hydrogens is 198 g/mol. The number of carbonyl (C=O) groups is 1. The molecule has 1 saturated carbocycles. The summed E-state index contributed by atoms with van der Waals surface area (Å²) in [6.07, 6.45) is 2.11. The van der Waals surface area contributed by atoms with Crippen molar-refractivity contribution in [3.8, 4) is 0 Å². The average Bonchev–Trinajstić information content (AvgIpc) is 2.53. The van der Waals surface area contributed by atoms with Gasteiger partial charge in [-0.25, -0.2) is 0 Å². The van der Waals surface area contributed by atoms with Crippen molar-refractivity contribution in [2.45, 2.75) is 32.7 Å². The number of ketones is 1. The predicted octanol–water partition coefficient (Wildman–Crippen LogP) is 3.10. The van der Waals surface area contributed by atoms with Gasteiger partial charge in [-0.2, -0.15) is 0 Å². The van der Waals surface area contributed by atoms with E-state index in [0.717, 1.165) is 24.1 Å². The van der Waals surface area contributed by atoms with Gasteiger partial charge in [-0.1, -0.05) is 26.0 Å². The van der Waals surface area contributed by atoms with Gasteiger partial charge >= 0.3 is 0 Å². The van der Waals surface area contributed by atoms with Gasteiger partial charge in [0.1, 0.15) is 0 Å². The van der Waals surface area contributed by atoms with Gasteiger partial charge in [0.25, 0.3) is 0 Å². The van der Waals surface area contributed by atoms with Crippen LogP contribution in [0.25, 0.3) is 0 Å². The first-order valence-electron chi connectivity index (χ1n) is 5.97. The summed E-state index contributed by atoms with van der Waals surface area (Å²) in [7, 11) is 0. The summed E-state index contributed by atoms with van der Waals surface area (Å²) in [6, 6.07) is 8.22. The third-order valence-corrected chi connectivity index (χ3v) is 3.90. The van der Waals surface area contributed by atoms with Gasteiger partial charge in [0.2, 0.25) is 0 Å². The van der Waals surface area contributed by atoms with Crippen molar-refractivity contribution in [1.82, 2.24) is 0 Å². The molecule has 0 amide bonds. The largest absolute Gasteiger partial charge is 0.381 e. The maximum Gasteiger partial charge on any atom is 0.170 e. The Morgan fingerprint density at radius 2 is 2.00 bits per heavy atom. The van der Waals surface area contributed by atoms with Crippen molar-refractivity contribution in [3.63, 3.8) is 0 Å². The maximum atomic E-state index is 12.3. The molecule has 2 heteroatoms. The first kappa shape index (κ1) is 9.88. The number of rotatable bonds is 0. The van der Waals surface area contributed by atoms with Gasteiger partial charge in [0.05, 0.1) is 0 Å². The van der Waals surface area contributed by atoms with Crippen LogP contribution in [-0.4, -0.2) is 11.8 Å². The van der Waals surface area contributed by atoms with Gasteiger partial charge < -0.3 is 5.32 Å². The molecule has 0 spiro atoms. The van der Waals surface area contributed by atoms with Gasteiger partial charge in [0.15, 0.2) is 5.78 Å². The van der Waals surface area contributed by atoms with Crippen molar-refractivity contribution >= 4 is 11.5 Å². The quantitative estimate of drug-likeness (QED) is 0.720. The Kier molecular flexibility index (Phi) is 1.91. The lowest BCUT2D eigenvalue weighted by atomic mass is 9.86. The molecule has 2 unspecified atom stereocenters. The lowest BCUT2D eigenvalue weighted by molar-refractivity contribution is 0.0905. The van der Waals surface area contributed by atoms with Crippen molar-refractivity contribution in [1.29, 1.82) is 0 Å². The van der Waals surface area contributed by atoms with E-state index < -0.39 is 0 Å². The van der Waals surface area contributed by atoms with Crippen LogP contribution in [0.15, 0.2) is 24.3 Å². The summed E-state index contributed by atoms with van der Waals surface area (Å²) in [4.78, 5) is 12.3. The fraction of sp³-hybridized carbons (Fsp3) is 0.500. The first-order valence-corrected chi connectivity index (χ1v) is 5.97. The van der Waals surface area contributed by atoms with Crippen LogP contribution < -0.4 is 5.32 Å². The highest BCUT2D eigenvalue weighted by atomic mass is 16.1. The van der Waals surface area contributed by atoms with Gasteiger partial charge in [-0.3, -0.25) is 4.79 Å². The molecule has 1 fully saturated rings. The van der Waals surface area contributed by atoms with E-state index in [1.54, 1.807) is 0 Å². The number of Topliss-reactive ketones (excluding diaryl/α,β-unsaturated/α-hetero) is 1. The van der Waals surface area contributed by atoms with E-state index in [1.807, 2.05) is 24.3 Å². The second kappa shape index (κ2) is 3.09. The maximum absolute atomic E-state index is 12.3. The molecule has 16 heavy (non-hydrogen) atoms. The lowest BCUT2D eigenvalue weighted by Crippen LogP contribution is -2.35. The molecule has 1 aliphatic carbocycles. The monoisotopic (exact) mass is 215 g/mol. The van der Waals surface area contributed by atoms with E-state index in [9.17, 15) is 4.79 Å². The van der Waals surface area contributed by atoms with Crippen LogP contribution in [0.2, 0.25) is 0 Å². The van der Waals surface area contributed by atoms with E-state index >= 15 is 0 Å². The van der Waals surface area contributed by atoms with E-state index in [1.165, 1.54) is 0 Å². The number of para-hydroxylation sites is 1. The normalized spacial score (nSPS) is 30.5. The van der Waals surface area contributed by atoms with Crippen LogP contribution >= 0.6 is 0 Å². The Balaban J connectivity index is 2.01. The standard InChI is InChI=1S/C14H17NO/c1-14(2)7-10-12(8-14)15-11-6-4-3-5-9(11)13(10)16/h3-6,10,12,15H,7-8H2,1-2H3. The summed E-state index contributed by atoms with van der Waals surface area (Å²) in [5.74, 6) is 0.523. The number of carbonyl (C=O) groups excluding carboxylic acids is 1. The van der Waals surface area contributed by atoms with Crippen molar-refractivity contribution in [2.24, 2.45) is 11.3 Å². The highest BCUT2D eigenvalue weighted by molar-refractivity contribution is 6.05. The number of hydrogen-bond donors (Lipinski definition) is 1. The summed E-state index contributed by atoms with van der Waals surface area (Å²) < 4.78 is 0. The molecule has 0 bridgehead atoms. The van der Waals surface area contributed by atoms with Crippen LogP contribution in [0.4, 0.5) is 5.69 Å². The molecule has 1 N–H and O–H groups in total. The topological polar surface area (TPSA) is 29.1 Å². The third-order valence-electron chi connectivity index (χ3n) is 3.90. The second-order valence-electron chi connectivity index (χ2n) is 5.84. The zero-order valence-electron chi connectivity index (χ0n) is 9.79. The van der Waals surface area contributed by atoms with Crippen molar-refractivity contribution in [3.05, 3.63) is 29.8 Å². The molecule has 1 aliphatic heterocycles. The van der Waals surface area contributed by atoms with E-state index in [2.05, 4.69) is 19.2 Å². The van der Waals surface area contributed by atoms with Crippen LogP contribution in [0, 0.1) is 11.3 Å². The van der Waals surface area contributed by atoms with Gasteiger partial charge in [0, 0.05) is 23.2 Å². The Hall–Kier alpha value is -1.31. The Bertz CT molecular complexity index is 450. The zero-order chi connectivity index (χ0) is 11.3. The van der Waals surface area contributed by atoms with Crippen LogP contribution in [0.5, 0.6) is 0 Å². The molecule has 2 atom stereocenters. The SMILES string of the molecule is CC1(C)CC2Nc3ccccc3C(=O)C2C1. The fourth-order valence-corrected chi connectivity index (χ4v) is 3.21. The number of nitrogens with one attached hydrogen (secondary N) is 1. The van der Waals surface area contributed by atoms with Crippen LogP contribution in [0.1, 0.15) is 37.0 Å². The molecular formula is C14H17NO. The van der Waals surface area contributed by atoms with Gasteiger partial charge in [-0.05, 0) is 30.4 Å². The zero-order valence-corrected chi connectivity index (χ0v) is 9.79. The van der Waals surface area contributed by atoms with E-state index in [0.29, 0.717) is 17.2 Å². The highest BCUT2D eigenvalue weighted by Gasteiger charge is 2.45. The minimum absolute atomic E-state index is 0.185. The Labute approximate surface area is 96.1 Å². The molecule has 1 aromatic carbocycles. The first-order chi connectivity index (χ1) is 7.57.